The van der Waals surface area contributed by atoms with Crippen LogP contribution >= 0.6 is 46.3 Å². The molecule has 2 aromatic heterocycles. The van der Waals surface area contributed by atoms with Crippen molar-refractivity contribution in [2.24, 2.45) is 0 Å². The number of halogens is 2. The minimum absolute atomic E-state index is 0.0873. The van der Waals surface area contributed by atoms with Crippen molar-refractivity contribution < 1.29 is 19.1 Å². The Morgan fingerprint density at radius 1 is 1.24 bits per heavy atom. The van der Waals surface area contributed by atoms with E-state index in [0.717, 1.165) is 42.5 Å². The zero-order chi connectivity index (χ0) is 27.1. The molecule has 1 N–H and O–H groups in total. The number of nitrogens with one attached hydrogen (secondary N) is 1. The van der Waals surface area contributed by atoms with E-state index < -0.39 is 0 Å². The quantitative estimate of drug-likeness (QED) is 0.116. The zero-order valence-corrected chi connectivity index (χ0v) is 24.1. The predicted molar refractivity (Wildman–Crippen MR) is 152 cm³/mol. The first kappa shape index (κ1) is 28.5. The molecule has 3 aromatic rings. The summed E-state index contributed by atoms with van der Waals surface area (Å²) in [5.74, 6) is 0.501. The van der Waals surface area contributed by atoms with Crippen LogP contribution in [0.3, 0.4) is 0 Å². The van der Waals surface area contributed by atoms with Gasteiger partial charge in [-0.05, 0) is 56.4 Å². The summed E-state index contributed by atoms with van der Waals surface area (Å²) in [5.41, 5.74) is 1.52. The first-order valence-electron chi connectivity index (χ1n) is 12.3. The molecule has 0 radical (unpaired) electrons. The number of aromatic nitrogens is 3. The van der Waals surface area contributed by atoms with E-state index in [1.807, 2.05) is 4.57 Å². The Bertz CT molecular complexity index is 1320. The molecule has 0 saturated carbocycles. The Kier molecular flexibility index (Phi) is 10.1. The summed E-state index contributed by atoms with van der Waals surface area (Å²) in [6, 6.07) is 4.98. The Labute approximate surface area is 239 Å². The lowest BCUT2D eigenvalue weighted by molar-refractivity contribution is -0.113. The second kappa shape index (κ2) is 13.5. The Morgan fingerprint density at radius 2 is 2.05 bits per heavy atom. The number of nitrogens with zero attached hydrogens (tertiary/aromatic N) is 3. The molecule has 4 rings (SSSR count). The van der Waals surface area contributed by atoms with Gasteiger partial charge in [0, 0.05) is 16.4 Å². The molecule has 0 fully saturated rings. The fraction of sp³-hybridized carbons (Fsp3) is 0.385. The molecule has 12 heteroatoms. The smallest absolute Gasteiger partial charge is 0.341 e. The fourth-order valence-corrected chi connectivity index (χ4v) is 6.65. The lowest BCUT2D eigenvalue weighted by atomic mass is 10.1. The normalized spacial score (nSPS) is 12.9. The third kappa shape index (κ3) is 6.91. The number of hydrogen-bond donors (Lipinski definition) is 1. The van der Waals surface area contributed by atoms with Gasteiger partial charge in [-0.1, -0.05) is 47.5 Å². The number of amides is 1. The van der Waals surface area contributed by atoms with E-state index in [1.165, 1.54) is 23.1 Å². The number of aryl methyl sites for hydroxylation is 1. The molecule has 0 aliphatic heterocycles. The molecular weight excluding hydrogens is 567 g/mol. The highest BCUT2D eigenvalue weighted by molar-refractivity contribution is 7.99. The highest BCUT2D eigenvalue weighted by Crippen LogP contribution is 2.38. The summed E-state index contributed by atoms with van der Waals surface area (Å²) >= 11 is 14.9. The van der Waals surface area contributed by atoms with Crippen LogP contribution < -0.4 is 10.1 Å². The van der Waals surface area contributed by atoms with E-state index in [0.29, 0.717) is 43.9 Å². The SMILES string of the molecule is C=CCn1c(COc2ccc(Cl)cc2Cl)nnc1SCC(=O)Nc1sc2c(c1C(=O)OCC)CCCCC2. The van der Waals surface area contributed by atoms with Crippen LogP contribution in [0.2, 0.25) is 10.0 Å². The first-order chi connectivity index (χ1) is 18.4. The van der Waals surface area contributed by atoms with E-state index >= 15 is 0 Å². The van der Waals surface area contributed by atoms with Crippen LogP contribution in [0.5, 0.6) is 5.75 Å². The lowest BCUT2D eigenvalue weighted by Crippen LogP contribution is -2.17. The summed E-state index contributed by atoms with van der Waals surface area (Å²) < 4.78 is 12.9. The van der Waals surface area contributed by atoms with Crippen LogP contribution in [0.4, 0.5) is 5.00 Å². The van der Waals surface area contributed by atoms with E-state index in [1.54, 1.807) is 31.2 Å². The van der Waals surface area contributed by atoms with Crippen molar-refractivity contribution in [2.75, 3.05) is 17.7 Å². The molecule has 1 amide bonds. The van der Waals surface area contributed by atoms with Gasteiger partial charge in [0.1, 0.15) is 17.4 Å². The number of thiophene rings is 1. The molecule has 1 aromatic carbocycles. The largest absolute Gasteiger partial charge is 0.484 e. The van der Waals surface area contributed by atoms with Crippen LogP contribution in [0.25, 0.3) is 0 Å². The van der Waals surface area contributed by atoms with Gasteiger partial charge >= 0.3 is 5.97 Å². The first-order valence-corrected chi connectivity index (χ1v) is 14.8. The number of carbonyl (C=O) groups excluding carboxylic acids is 2. The van der Waals surface area contributed by atoms with Crippen LogP contribution in [0, 0.1) is 0 Å². The highest BCUT2D eigenvalue weighted by Gasteiger charge is 2.27. The maximum Gasteiger partial charge on any atom is 0.341 e. The van der Waals surface area contributed by atoms with Gasteiger partial charge in [-0.25, -0.2) is 4.79 Å². The van der Waals surface area contributed by atoms with Crippen molar-refractivity contribution in [1.82, 2.24) is 14.8 Å². The van der Waals surface area contributed by atoms with E-state index in [-0.39, 0.29) is 30.8 Å². The number of thioether (sulfide) groups is 1. The van der Waals surface area contributed by atoms with Crippen LogP contribution in [0.1, 0.15) is 52.8 Å². The average molecular weight is 596 g/mol. The van der Waals surface area contributed by atoms with Gasteiger partial charge in [0.25, 0.3) is 0 Å². The molecule has 0 atom stereocenters. The summed E-state index contributed by atoms with van der Waals surface area (Å²) in [7, 11) is 0. The zero-order valence-electron chi connectivity index (χ0n) is 20.9. The third-order valence-electron chi connectivity index (χ3n) is 5.84. The molecule has 0 unspecified atom stereocenters. The van der Waals surface area contributed by atoms with E-state index in [9.17, 15) is 9.59 Å². The minimum atomic E-state index is -0.383. The fourth-order valence-electron chi connectivity index (χ4n) is 4.12. The number of fused-ring (bicyclic) bond motifs is 1. The molecule has 0 spiro atoms. The monoisotopic (exact) mass is 594 g/mol. The number of esters is 1. The number of benzene rings is 1. The summed E-state index contributed by atoms with van der Waals surface area (Å²) in [4.78, 5) is 26.9. The lowest BCUT2D eigenvalue weighted by Gasteiger charge is -2.10. The molecule has 0 bridgehead atoms. The summed E-state index contributed by atoms with van der Waals surface area (Å²) in [5, 5.41) is 13.4. The molecular formula is C26H28Cl2N4O4S2. The van der Waals surface area contributed by atoms with Crippen molar-refractivity contribution in [3.05, 3.63) is 62.7 Å². The second-order valence-electron chi connectivity index (χ2n) is 8.49. The van der Waals surface area contributed by atoms with Gasteiger partial charge in [-0.15, -0.1) is 28.1 Å². The van der Waals surface area contributed by atoms with Crippen molar-refractivity contribution in [2.45, 2.75) is 57.3 Å². The number of carbonyl (C=O) groups is 2. The summed E-state index contributed by atoms with van der Waals surface area (Å²) in [6.07, 6.45) is 6.68. The standard InChI is InChI=1S/C26H28Cl2N4O4S2/c1-3-12-32-21(14-36-19-11-10-16(27)13-18(19)28)30-31-26(32)37-15-22(33)29-24-23(25(34)35-4-2)17-8-6-5-7-9-20(17)38-24/h3,10-11,13H,1,4-9,12,14-15H2,2H3,(H,29,33). The Hall–Kier alpha value is -2.53. The van der Waals surface area contributed by atoms with Gasteiger partial charge < -0.3 is 14.8 Å². The van der Waals surface area contributed by atoms with Crippen molar-refractivity contribution in [3.63, 3.8) is 0 Å². The molecule has 1 aliphatic carbocycles. The Morgan fingerprint density at radius 3 is 2.82 bits per heavy atom. The van der Waals surface area contributed by atoms with Gasteiger partial charge in [0.2, 0.25) is 5.91 Å². The third-order valence-corrected chi connectivity index (χ3v) is 8.55. The van der Waals surface area contributed by atoms with E-state index in [4.69, 9.17) is 32.7 Å². The van der Waals surface area contributed by atoms with Gasteiger partial charge in [0.05, 0.1) is 22.9 Å². The maximum atomic E-state index is 12.9. The molecule has 202 valence electrons. The molecule has 0 saturated heterocycles. The number of ether oxygens (including phenoxy) is 2. The molecule has 38 heavy (non-hydrogen) atoms. The Balaban J connectivity index is 1.44. The van der Waals surface area contributed by atoms with Crippen LogP contribution in [-0.4, -0.2) is 39.0 Å². The number of allylic oxidation sites excluding steroid dienone is 1. The topological polar surface area (TPSA) is 95.3 Å². The van der Waals surface area contributed by atoms with Gasteiger partial charge in [-0.2, -0.15) is 0 Å². The highest BCUT2D eigenvalue weighted by atomic mass is 35.5. The van der Waals surface area contributed by atoms with Gasteiger partial charge in [0.15, 0.2) is 11.0 Å². The summed E-state index contributed by atoms with van der Waals surface area (Å²) in [6.45, 7) is 6.43. The molecule has 8 nitrogen and oxygen atoms in total. The van der Waals surface area contributed by atoms with Gasteiger partial charge in [-0.3, -0.25) is 9.36 Å². The number of anilines is 1. The number of rotatable bonds is 11. The predicted octanol–water partition coefficient (Wildman–Crippen LogP) is 6.59. The molecule has 2 heterocycles. The minimum Gasteiger partial charge on any atom is -0.484 e. The van der Waals surface area contributed by atoms with Crippen LogP contribution in [0.15, 0.2) is 36.0 Å². The van der Waals surface area contributed by atoms with Crippen LogP contribution in [-0.2, 0) is 35.5 Å². The van der Waals surface area contributed by atoms with Crippen molar-refractivity contribution in [3.8, 4) is 5.75 Å². The van der Waals surface area contributed by atoms with E-state index in [2.05, 4.69) is 22.1 Å². The average Bonchev–Trinajstić information content (AvgIpc) is 3.34. The van der Waals surface area contributed by atoms with Crippen molar-refractivity contribution >= 4 is 63.2 Å². The second-order valence-corrected chi connectivity index (χ2v) is 11.4. The maximum absolute atomic E-state index is 12.9. The number of hydrogen-bond acceptors (Lipinski definition) is 8. The van der Waals surface area contributed by atoms with Crippen molar-refractivity contribution in [1.29, 1.82) is 0 Å². The molecule has 1 aliphatic rings.